The second kappa shape index (κ2) is 14.2. The average molecular weight is 575 g/mol. The lowest BCUT2D eigenvalue weighted by molar-refractivity contribution is 0.0341. The van der Waals surface area contributed by atoms with Gasteiger partial charge in [0, 0.05) is 37.3 Å². The van der Waals surface area contributed by atoms with Crippen LogP contribution >= 0.6 is 0 Å². The number of aliphatic hydroxyl groups excluding tert-OH is 1. The molecule has 3 amide bonds. The lowest BCUT2D eigenvalue weighted by atomic mass is 9.99. The molecular weight excluding hydrogens is 532 g/mol. The topological polar surface area (TPSA) is 103 Å². The number of rotatable bonds is 10. The minimum atomic E-state index is -0.373. The average Bonchev–Trinajstić information content (AvgIpc) is 2.96. The molecule has 1 heterocycles. The van der Waals surface area contributed by atoms with Crippen LogP contribution in [0.1, 0.15) is 43.6 Å². The van der Waals surface area contributed by atoms with Crippen LogP contribution in [0.3, 0.4) is 0 Å². The van der Waals surface area contributed by atoms with Crippen molar-refractivity contribution in [1.82, 2.24) is 15.1 Å². The number of nitrogens with one attached hydrogen (secondary N) is 2. The number of fused-ring (bicyclic) bond motifs is 1. The van der Waals surface area contributed by atoms with Crippen molar-refractivity contribution in [2.45, 2.75) is 52.4 Å². The number of ether oxygens (including phenoxy) is 2. The Hall–Kier alpha value is -4.08. The summed E-state index contributed by atoms with van der Waals surface area (Å²) in [5.74, 6) is 1.78. The van der Waals surface area contributed by atoms with Crippen molar-refractivity contribution in [3.63, 3.8) is 0 Å². The van der Waals surface area contributed by atoms with Crippen molar-refractivity contribution in [2.24, 2.45) is 5.92 Å². The van der Waals surface area contributed by atoms with Gasteiger partial charge in [-0.1, -0.05) is 37.3 Å². The van der Waals surface area contributed by atoms with Crippen LogP contribution in [0.2, 0.25) is 0 Å². The van der Waals surface area contributed by atoms with Gasteiger partial charge in [0.25, 0.3) is 5.91 Å². The monoisotopic (exact) mass is 574 g/mol. The molecule has 0 spiro atoms. The molecule has 3 aromatic carbocycles. The summed E-state index contributed by atoms with van der Waals surface area (Å²) in [7, 11) is 2.05. The largest absolute Gasteiger partial charge is 0.488 e. The molecule has 0 aliphatic carbocycles. The Labute approximate surface area is 248 Å². The fourth-order valence-corrected chi connectivity index (χ4v) is 4.92. The Morgan fingerprint density at radius 2 is 1.76 bits per heavy atom. The summed E-state index contributed by atoms with van der Waals surface area (Å²) in [5, 5.41) is 15.5. The number of para-hydroxylation sites is 1. The van der Waals surface area contributed by atoms with Gasteiger partial charge >= 0.3 is 6.03 Å². The van der Waals surface area contributed by atoms with Crippen LogP contribution in [-0.2, 0) is 6.54 Å². The molecule has 9 heteroatoms. The molecule has 0 fully saturated rings. The zero-order valence-electron chi connectivity index (χ0n) is 25.0. The molecular formula is C33H42N4O5. The number of nitrogens with zero attached hydrogens (tertiary/aromatic N) is 2. The first-order valence-corrected chi connectivity index (χ1v) is 14.4. The van der Waals surface area contributed by atoms with E-state index >= 15 is 0 Å². The minimum absolute atomic E-state index is 0.00480. The number of urea groups is 1. The van der Waals surface area contributed by atoms with Crippen molar-refractivity contribution in [1.29, 1.82) is 0 Å². The minimum Gasteiger partial charge on any atom is -0.488 e. The van der Waals surface area contributed by atoms with Crippen molar-refractivity contribution in [3.8, 4) is 17.2 Å². The van der Waals surface area contributed by atoms with Gasteiger partial charge in [0.2, 0.25) is 0 Å². The van der Waals surface area contributed by atoms with Gasteiger partial charge in [-0.15, -0.1) is 0 Å². The lowest BCUT2D eigenvalue weighted by Crippen LogP contribution is -2.49. The number of hydrogen-bond donors (Lipinski definition) is 3. The van der Waals surface area contributed by atoms with E-state index in [1.807, 2.05) is 70.3 Å². The number of anilines is 1. The molecule has 3 N–H and O–H groups in total. The van der Waals surface area contributed by atoms with E-state index in [9.17, 15) is 14.7 Å². The van der Waals surface area contributed by atoms with Crippen molar-refractivity contribution < 1.29 is 24.2 Å². The van der Waals surface area contributed by atoms with Gasteiger partial charge < -0.3 is 30.1 Å². The Kier molecular flexibility index (Phi) is 10.4. The van der Waals surface area contributed by atoms with E-state index in [1.54, 1.807) is 23.1 Å². The zero-order chi connectivity index (χ0) is 30.2. The Morgan fingerprint density at radius 3 is 2.43 bits per heavy atom. The van der Waals surface area contributed by atoms with E-state index in [-0.39, 0.29) is 42.7 Å². The summed E-state index contributed by atoms with van der Waals surface area (Å²) in [6.07, 6.45) is -0.223. The molecule has 1 aliphatic heterocycles. The number of aliphatic hydroxyl groups is 1. The number of amides is 3. The molecule has 4 rings (SSSR count). The molecule has 0 aromatic heterocycles. The van der Waals surface area contributed by atoms with Gasteiger partial charge in [-0.3, -0.25) is 9.69 Å². The fraction of sp³-hybridized carbons (Fsp3) is 0.394. The second-order valence-electron chi connectivity index (χ2n) is 11.3. The Bertz CT molecular complexity index is 1330. The zero-order valence-corrected chi connectivity index (χ0v) is 25.0. The Balaban J connectivity index is 1.49. The molecule has 42 heavy (non-hydrogen) atoms. The maximum absolute atomic E-state index is 13.6. The third-order valence-electron chi connectivity index (χ3n) is 7.19. The molecule has 0 unspecified atom stereocenters. The maximum Gasteiger partial charge on any atom is 0.319 e. The van der Waals surface area contributed by atoms with Gasteiger partial charge in [0.15, 0.2) is 0 Å². The molecule has 224 valence electrons. The van der Waals surface area contributed by atoms with Crippen LogP contribution in [0.4, 0.5) is 10.5 Å². The first-order chi connectivity index (χ1) is 20.1. The summed E-state index contributed by atoms with van der Waals surface area (Å²) in [4.78, 5) is 29.8. The van der Waals surface area contributed by atoms with Gasteiger partial charge in [0.05, 0.1) is 18.2 Å². The van der Waals surface area contributed by atoms with Gasteiger partial charge in [-0.2, -0.15) is 0 Å². The number of likely N-dealkylation sites (N-methyl/N-ethyl adjacent to an activating group) is 1. The predicted molar refractivity (Wildman–Crippen MR) is 164 cm³/mol. The molecule has 3 atom stereocenters. The smallest absolute Gasteiger partial charge is 0.319 e. The predicted octanol–water partition coefficient (Wildman–Crippen LogP) is 5.36. The summed E-state index contributed by atoms with van der Waals surface area (Å²) in [6, 6.07) is 22.1. The van der Waals surface area contributed by atoms with Crippen LogP contribution in [0.5, 0.6) is 17.2 Å². The third kappa shape index (κ3) is 8.24. The maximum atomic E-state index is 13.6. The molecule has 0 radical (unpaired) electrons. The van der Waals surface area contributed by atoms with Gasteiger partial charge in [0.1, 0.15) is 23.4 Å². The summed E-state index contributed by atoms with van der Waals surface area (Å²) in [6.45, 7) is 9.24. The van der Waals surface area contributed by atoms with E-state index in [4.69, 9.17) is 9.47 Å². The van der Waals surface area contributed by atoms with Crippen LogP contribution < -0.4 is 20.1 Å². The summed E-state index contributed by atoms with van der Waals surface area (Å²) in [5.41, 5.74) is 1.98. The molecule has 0 saturated carbocycles. The second-order valence-corrected chi connectivity index (χ2v) is 11.3. The quantitative estimate of drug-likeness (QED) is 0.301. The first-order valence-electron chi connectivity index (χ1n) is 14.4. The SMILES string of the molecule is CC(C)NC(=O)Nc1ccc2c(c1)C(=O)N([C@H](C)CO)C[C@H](C)[C@H](CN(C)Cc1ccc(Oc3ccccc3)cc1)O2. The highest BCUT2D eigenvalue weighted by Gasteiger charge is 2.33. The van der Waals surface area contributed by atoms with Crippen LogP contribution in [-0.4, -0.2) is 71.8 Å². The van der Waals surface area contributed by atoms with Crippen LogP contribution in [0.15, 0.2) is 72.8 Å². The number of benzene rings is 3. The molecule has 1 aliphatic rings. The molecule has 9 nitrogen and oxygen atoms in total. The van der Waals surface area contributed by atoms with E-state index in [0.717, 1.165) is 17.1 Å². The number of carbonyl (C=O) groups is 2. The standard InChI is InChI=1S/C33H42N4O5/c1-22(2)34-33(40)35-26-13-16-30-29(17-26)32(39)37(24(4)21-38)18-23(3)31(42-30)20-36(5)19-25-11-14-28(15-12-25)41-27-9-7-6-8-10-27/h6-17,22-24,31,38H,18-21H2,1-5H3,(H2,34,35,40)/t23-,24+,31-/m0/s1. The first kappa shape index (κ1) is 30.9. The van der Waals surface area contributed by atoms with Crippen molar-refractivity contribution in [2.75, 3.05) is 32.1 Å². The third-order valence-corrected chi connectivity index (χ3v) is 7.19. The van der Waals surface area contributed by atoms with E-state index in [0.29, 0.717) is 36.6 Å². The highest BCUT2D eigenvalue weighted by atomic mass is 16.5. The normalized spacial score (nSPS) is 17.6. The highest BCUT2D eigenvalue weighted by Crippen LogP contribution is 2.31. The van der Waals surface area contributed by atoms with E-state index in [2.05, 4.69) is 34.6 Å². The van der Waals surface area contributed by atoms with Gasteiger partial charge in [-0.25, -0.2) is 4.79 Å². The lowest BCUT2D eigenvalue weighted by Gasteiger charge is -2.38. The van der Waals surface area contributed by atoms with E-state index < -0.39 is 0 Å². The molecule has 0 bridgehead atoms. The van der Waals surface area contributed by atoms with Crippen molar-refractivity contribution in [3.05, 3.63) is 83.9 Å². The van der Waals surface area contributed by atoms with Crippen molar-refractivity contribution >= 4 is 17.6 Å². The van der Waals surface area contributed by atoms with E-state index in [1.165, 1.54) is 0 Å². The molecule has 3 aromatic rings. The van der Waals surface area contributed by atoms with Gasteiger partial charge in [-0.05, 0) is 75.8 Å². The summed E-state index contributed by atoms with van der Waals surface area (Å²) < 4.78 is 12.4. The fourth-order valence-electron chi connectivity index (χ4n) is 4.92. The molecule has 0 saturated heterocycles. The summed E-state index contributed by atoms with van der Waals surface area (Å²) >= 11 is 0. The van der Waals surface area contributed by atoms with Crippen LogP contribution in [0, 0.1) is 5.92 Å². The number of hydrogen-bond acceptors (Lipinski definition) is 6. The van der Waals surface area contributed by atoms with Crippen LogP contribution in [0.25, 0.3) is 0 Å². The number of carbonyl (C=O) groups excluding carboxylic acids is 2. The Morgan fingerprint density at radius 1 is 1.07 bits per heavy atom. The highest BCUT2D eigenvalue weighted by molar-refractivity contribution is 5.99.